The molecule has 0 unspecified atom stereocenters. The third kappa shape index (κ3) is 6.21. The Labute approximate surface area is 184 Å². The number of aromatic nitrogens is 3. The molecule has 1 aliphatic heterocycles. The highest BCUT2D eigenvalue weighted by molar-refractivity contribution is 14.0. The summed E-state index contributed by atoms with van der Waals surface area (Å²) in [5.41, 5.74) is -0.770. The molecule has 0 atom stereocenters. The van der Waals surface area contributed by atoms with E-state index in [4.69, 9.17) is 4.74 Å². The standard InChI is InChI=1S/C18H23F3N6O.HI/c1-22-17(27-9-6-13(7-10-27)16-24-12-25-26-16)23-8-11-28-15-5-3-2-4-14(15)18(19,20)21;/h2-5,12-13H,6-11H2,1H3,(H,22,23)(H,24,25,26);1H. The summed E-state index contributed by atoms with van der Waals surface area (Å²) in [6.07, 6.45) is -1.08. The van der Waals surface area contributed by atoms with E-state index in [-0.39, 0.29) is 36.3 Å². The van der Waals surface area contributed by atoms with E-state index in [1.165, 1.54) is 24.5 Å². The Balaban J connectivity index is 0.00000300. The molecule has 1 fully saturated rings. The van der Waals surface area contributed by atoms with Crippen molar-refractivity contribution >= 4 is 29.9 Å². The van der Waals surface area contributed by atoms with Crippen LogP contribution in [0.3, 0.4) is 0 Å². The van der Waals surface area contributed by atoms with Crippen molar-refractivity contribution in [2.75, 3.05) is 33.3 Å². The van der Waals surface area contributed by atoms with Crippen LogP contribution >= 0.6 is 24.0 Å². The first-order valence-electron chi connectivity index (χ1n) is 9.09. The first-order chi connectivity index (χ1) is 13.5. The van der Waals surface area contributed by atoms with Crippen LogP contribution in [0.2, 0.25) is 0 Å². The van der Waals surface area contributed by atoms with Crippen LogP contribution in [0, 0.1) is 0 Å². The summed E-state index contributed by atoms with van der Waals surface area (Å²) in [6.45, 7) is 2.06. The van der Waals surface area contributed by atoms with Gasteiger partial charge in [0.15, 0.2) is 5.96 Å². The summed E-state index contributed by atoms with van der Waals surface area (Å²) in [5, 5.41) is 9.96. The highest BCUT2D eigenvalue weighted by atomic mass is 127. The summed E-state index contributed by atoms with van der Waals surface area (Å²) in [6, 6.07) is 5.21. The first kappa shape index (κ1) is 23.2. The number of alkyl halides is 3. The van der Waals surface area contributed by atoms with Crippen molar-refractivity contribution < 1.29 is 17.9 Å². The molecular formula is C18H24F3IN6O. The molecule has 0 aliphatic carbocycles. The molecule has 1 aliphatic rings. The second kappa shape index (κ2) is 10.6. The van der Waals surface area contributed by atoms with E-state index < -0.39 is 11.7 Å². The largest absolute Gasteiger partial charge is 0.491 e. The number of likely N-dealkylation sites (tertiary alicyclic amines) is 1. The molecule has 0 saturated carbocycles. The number of rotatable bonds is 5. The summed E-state index contributed by atoms with van der Waals surface area (Å²) >= 11 is 0. The van der Waals surface area contributed by atoms with Gasteiger partial charge in [0.1, 0.15) is 24.5 Å². The van der Waals surface area contributed by atoms with Gasteiger partial charge >= 0.3 is 6.18 Å². The molecule has 29 heavy (non-hydrogen) atoms. The van der Waals surface area contributed by atoms with E-state index in [9.17, 15) is 13.2 Å². The fourth-order valence-corrected chi connectivity index (χ4v) is 3.26. The number of aliphatic imine (C=N–C) groups is 1. The lowest BCUT2D eigenvalue weighted by atomic mass is 9.96. The number of benzene rings is 1. The Morgan fingerprint density at radius 1 is 1.31 bits per heavy atom. The Hall–Kier alpha value is -2.05. The fourth-order valence-electron chi connectivity index (χ4n) is 3.26. The summed E-state index contributed by atoms with van der Waals surface area (Å²) in [5.74, 6) is 1.79. The summed E-state index contributed by atoms with van der Waals surface area (Å²) in [7, 11) is 1.69. The first-order valence-corrected chi connectivity index (χ1v) is 9.09. The predicted octanol–water partition coefficient (Wildman–Crippen LogP) is 3.28. The molecule has 1 saturated heterocycles. The summed E-state index contributed by atoms with van der Waals surface area (Å²) in [4.78, 5) is 10.6. The van der Waals surface area contributed by atoms with Crippen molar-refractivity contribution in [3.05, 3.63) is 42.0 Å². The minimum atomic E-state index is -4.44. The third-order valence-corrected chi connectivity index (χ3v) is 4.66. The summed E-state index contributed by atoms with van der Waals surface area (Å²) < 4.78 is 44.3. The van der Waals surface area contributed by atoms with Crippen molar-refractivity contribution in [2.45, 2.75) is 24.9 Å². The molecule has 160 valence electrons. The maximum Gasteiger partial charge on any atom is 0.419 e. The van der Waals surface area contributed by atoms with Crippen LogP contribution < -0.4 is 10.1 Å². The van der Waals surface area contributed by atoms with Crippen LogP contribution in [0.5, 0.6) is 5.75 Å². The smallest absolute Gasteiger partial charge is 0.419 e. The van der Waals surface area contributed by atoms with Gasteiger partial charge in [0.05, 0.1) is 12.1 Å². The number of ether oxygens (including phenoxy) is 1. The topological polar surface area (TPSA) is 78.4 Å². The molecule has 2 heterocycles. The van der Waals surface area contributed by atoms with Gasteiger partial charge in [-0.25, -0.2) is 4.98 Å². The Morgan fingerprint density at radius 2 is 2.03 bits per heavy atom. The van der Waals surface area contributed by atoms with Gasteiger partial charge in [0, 0.05) is 26.1 Å². The second-order valence-corrected chi connectivity index (χ2v) is 6.45. The third-order valence-electron chi connectivity index (χ3n) is 4.66. The molecule has 1 aromatic carbocycles. The molecule has 3 rings (SSSR count). The van der Waals surface area contributed by atoms with Gasteiger partial charge in [-0.1, -0.05) is 12.1 Å². The van der Waals surface area contributed by atoms with E-state index in [0.717, 1.165) is 37.8 Å². The fraction of sp³-hybridized carbons (Fsp3) is 0.500. The molecule has 2 N–H and O–H groups in total. The van der Waals surface area contributed by atoms with Crippen molar-refractivity contribution in [2.24, 2.45) is 4.99 Å². The zero-order valence-electron chi connectivity index (χ0n) is 15.9. The molecule has 2 aromatic rings. The van der Waals surface area contributed by atoms with E-state index in [0.29, 0.717) is 18.4 Å². The van der Waals surface area contributed by atoms with E-state index in [1.54, 1.807) is 7.05 Å². The Morgan fingerprint density at radius 3 is 2.66 bits per heavy atom. The van der Waals surface area contributed by atoms with Crippen LogP contribution in [0.4, 0.5) is 13.2 Å². The number of para-hydroxylation sites is 1. The van der Waals surface area contributed by atoms with Crippen molar-refractivity contribution in [3.63, 3.8) is 0 Å². The average molecular weight is 524 g/mol. The molecule has 0 bridgehead atoms. The maximum absolute atomic E-state index is 13.0. The number of nitrogens with zero attached hydrogens (tertiary/aromatic N) is 4. The number of hydrogen-bond acceptors (Lipinski definition) is 4. The number of halogens is 4. The normalized spacial score (nSPS) is 15.7. The lowest BCUT2D eigenvalue weighted by Gasteiger charge is -2.33. The number of guanidine groups is 1. The zero-order chi connectivity index (χ0) is 20.0. The Bertz CT molecular complexity index is 776. The average Bonchev–Trinajstić information content (AvgIpc) is 3.23. The van der Waals surface area contributed by atoms with Gasteiger partial charge in [-0.3, -0.25) is 10.1 Å². The van der Waals surface area contributed by atoms with Gasteiger partial charge in [-0.05, 0) is 25.0 Å². The number of piperidine rings is 1. The SMILES string of the molecule is CN=C(NCCOc1ccccc1C(F)(F)F)N1CCC(c2ncn[nH]2)CC1.I. The quantitative estimate of drug-likeness (QED) is 0.272. The molecule has 11 heteroatoms. The maximum atomic E-state index is 13.0. The van der Waals surface area contributed by atoms with Crippen LogP contribution in [-0.2, 0) is 6.18 Å². The number of hydrogen-bond donors (Lipinski definition) is 2. The minimum absolute atomic E-state index is 0. The van der Waals surface area contributed by atoms with E-state index >= 15 is 0 Å². The molecule has 0 spiro atoms. The van der Waals surface area contributed by atoms with Gasteiger partial charge in [-0.15, -0.1) is 24.0 Å². The van der Waals surface area contributed by atoms with E-state index in [2.05, 4.69) is 30.4 Å². The minimum Gasteiger partial charge on any atom is -0.491 e. The Kier molecular flexibility index (Phi) is 8.53. The lowest BCUT2D eigenvalue weighted by Crippen LogP contribution is -2.46. The molecular weight excluding hydrogens is 500 g/mol. The number of nitrogens with one attached hydrogen (secondary N) is 2. The molecule has 1 aromatic heterocycles. The molecule has 0 amide bonds. The number of H-pyrrole nitrogens is 1. The van der Waals surface area contributed by atoms with Crippen molar-refractivity contribution in [1.82, 2.24) is 25.4 Å². The molecule has 0 radical (unpaired) electrons. The van der Waals surface area contributed by atoms with Gasteiger partial charge in [-0.2, -0.15) is 18.3 Å². The van der Waals surface area contributed by atoms with Crippen LogP contribution in [0.15, 0.2) is 35.6 Å². The zero-order valence-corrected chi connectivity index (χ0v) is 18.3. The van der Waals surface area contributed by atoms with Crippen molar-refractivity contribution in [3.8, 4) is 5.75 Å². The van der Waals surface area contributed by atoms with Crippen molar-refractivity contribution in [1.29, 1.82) is 0 Å². The highest BCUT2D eigenvalue weighted by Crippen LogP contribution is 2.35. The van der Waals surface area contributed by atoms with Crippen LogP contribution in [-0.4, -0.2) is 59.3 Å². The number of aromatic amines is 1. The second-order valence-electron chi connectivity index (χ2n) is 6.45. The predicted molar refractivity (Wildman–Crippen MR) is 114 cm³/mol. The van der Waals surface area contributed by atoms with Gasteiger partial charge in [0.2, 0.25) is 0 Å². The van der Waals surface area contributed by atoms with Crippen LogP contribution in [0.1, 0.15) is 30.1 Å². The van der Waals surface area contributed by atoms with Crippen LogP contribution in [0.25, 0.3) is 0 Å². The van der Waals surface area contributed by atoms with Gasteiger partial charge < -0.3 is 15.0 Å². The lowest BCUT2D eigenvalue weighted by molar-refractivity contribution is -0.138. The highest BCUT2D eigenvalue weighted by Gasteiger charge is 2.34. The monoisotopic (exact) mass is 524 g/mol. The molecule has 7 nitrogen and oxygen atoms in total. The van der Waals surface area contributed by atoms with Gasteiger partial charge in [0.25, 0.3) is 0 Å². The van der Waals surface area contributed by atoms with E-state index in [1.807, 2.05) is 0 Å².